The number of rotatable bonds is 4. The molecule has 1 fully saturated rings. The van der Waals surface area contributed by atoms with Crippen LogP contribution in [0.1, 0.15) is 18.4 Å². The normalized spacial score (nSPS) is 15.5. The summed E-state index contributed by atoms with van der Waals surface area (Å²) in [5, 5.41) is 4.29. The highest BCUT2D eigenvalue weighted by Gasteiger charge is 2.22. The summed E-state index contributed by atoms with van der Waals surface area (Å²) in [6.07, 6.45) is 3.56. The molecule has 4 nitrogen and oxygen atoms in total. The van der Waals surface area contributed by atoms with Gasteiger partial charge in [-0.3, -0.25) is 0 Å². The summed E-state index contributed by atoms with van der Waals surface area (Å²) >= 11 is 0. The van der Waals surface area contributed by atoms with Gasteiger partial charge in [0, 0.05) is 25.5 Å². The lowest BCUT2D eigenvalue weighted by Gasteiger charge is -2.32. The van der Waals surface area contributed by atoms with Crippen molar-refractivity contribution in [2.45, 2.75) is 19.3 Å². The number of aromatic nitrogens is 2. The van der Waals surface area contributed by atoms with Crippen molar-refractivity contribution in [3.05, 3.63) is 60.2 Å². The highest BCUT2D eigenvalue weighted by Crippen LogP contribution is 2.27. The molecular formula is C21H24N4. The molecule has 0 amide bonds. The zero-order valence-corrected chi connectivity index (χ0v) is 14.7. The minimum Gasteiger partial charge on any atom is -0.372 e. The molecule has 3 aromatic rings. The van der Waals surface area contributed by atoms with Crippen LogP contribution >= 0.6 is 0 Å². The van der Waals surface area contributed by atoms with Crippen molar-refractivity contribution < 1.29 is 0 Å². The summed E-state index contributed by atoms with van der Waals surface area (Å²) in [6, 6.07) is 19.0. The van der Waals surface area contributed by atoms with Crippen LogP contribution in [0.2, 0.25) is 0 Å². The van der Waals surface area contributed by atoms with Crippen LogP contribution in [0.4, 0.5) is 11.8 Å². The van der Waals surface area contributed by atoms with Crippen LogP contribution in [0.15, 0.2) is 54.6 Å². The summed E-state index contributed by atoms with van der Waals surface area (Å²) in [5.41, 5.74) is 2.45. The molecule has 1 saturated heterocycles. The quantitative estimate of drug-likeness (QED) is 0.780. The summed E-state index contributed by atoms with van der Waals surface area (Å²) in [6.45, 7) is 2.05. The van der Waals surface area contributed by atoms with Gasteiger partial charge in [-0.05, 0) is 42.9 Å². The molecule has 0 radical (unpaired) electrons. The molecular weight excluding hydrogens is 308 g/mol. The van der Waals surface area contributed by atoms with Crippen LogP contribution in [-0.2, 0) is 6.42 Å². The third-order valence-corrected chi connectivity index (χ3v) is 5.09. The smallest absolute Gasteiger partial charge is 0.227 e. The number of hydrogen-bond donors (Lipinski definition) is 1. The van der Waals surface area contributed by atoms with Crippen LogP contribution in [0.25, 0.3) is 10.9 Å². The van der Waals surface area contributed by atoms with Gasteiger partial charge >= 0.3 is 0 Å². The number of hydrogen-bond acceptors (Lipinski definition) is 4. The predicted molar refractivity (Wildman–Crippen MR) is 104 cm³/mol. The molecule has 128 valence electrons. The van der Waals surface area contributed by atoms with Gasteiger partial charge < -0.3 is 10.2 Å². The summed E-state index contributed by atoms with van der Waals surface area (Å²) in [7, 11) is 1.92. The number of anilines is 2. The van der Waals surface area contributed by atoms with Gasteiger partial charge in [0.15, 0.2) is 0 Å². The summed E-state index contributed by atoms with van der Waals surface area (Å²) < 4.78 is 0. The number of nitrogens with zero attached hydrogens (tertiary/aromatic N) is 3. The third-order valence-electron chi connectivity index (χ3n) is 5.09. The summed E-state index contributed by atoms with van der Waals surface area (Å²) in [5.74, 6) is 2.51. The second-order valence-electron chi connectivity index (χ2n) is 6.76. The molecule has 4 rings (SSSR count). The van der Waals surface area contributed by atoms with E-state index in [2.05, 4.69) is 52.7 Å². The van der Waals surface area contributed by atoms with Crippen LogP contribution in [0.3, 0.4) is 0 Å². The second-order valence-corrected chi connectivity index (χ2v) is 6.76. The molecule has 0 aliphatic carbocycles. The van der Waals surface area contributed by atoms with E-state index in [0.717, 1.165) is 41.7 Å². The standard InChI is InChI=1S/C21H24N4/c1-22-20-18-9-5-6-10-19(18)23-21(24-20)25-13-11-17(12-14-25)15-16-7-3-2-4-8-16/h2-10,17H,11-15H2,1H3,(H,22,23,24). The highest BCUT2D eigenvalue weighted by atomic mass is 15.3. The van der Waals surface area contributed by atoms with Crippen molar-refractivity contribution in [3.63, 3.8) is 0 Å². The van der Waals surface area contributed by atoms with Crippen molar-refractivity contribution in [1.82, 2.24) is 9.97 Å². The predicted octanol–water partition coefficient (Wildman–Crippen LogP) is 4.13. The van der Waals surface area contributed by atoms with Gasteiger partial charge in [0.2, 0.25) is 5.95 Å². The van der Waals surface area contributed by atoms with Gasteiger partial charge in [-0.1, -0.05) is 42.5 Å². The molecule has 0 unspecified atom stereocenters. The highest BCUT2D eigenvalue weighted by molar-refractivity contribution is 5.89. The average Bonchev–Trinajstić information content (AvgIpc) is 2.68. The van der Waals surface area contributed by atoms with Crippen LogP contribution in [0.5, 0.6) is 0 Å². The zero-order valence-electron chi connectivity index (χ0n) is 14.7. The van der Waals surface area contributed by atoms with E-state index in [1.807, 2.05) is 19.2 Å². The van der Waals surface area contributed by atoms with Crippen LogP contribution in [0, 0.1) is 5.92 Å². The van der Waals surface area contributed by atoms with Crippen molar-refractivity contribution in [2.24, 2.45) is 5.92 Å². The minimum atomic E-state index is 0.753. The Bertz CT molecular complexity index is 839. The molecule has 0 bridgehead atoms. The maximum Gasteiger partial charge on any atom is 0.227 e. The average molecular weight is 332 g/mol. The Balaban J connectivity index is 1.48. The number of nitrogens with one attached hydrogen (secondary N) is 1. The largest absolute Gasteiger partial charge is 0.372 e. The van der Waals surface area contributed by atoms with Crippen LogP contribution in [-0.4, -0.2) is 30.1 Å². The Morgan fingerprint density at radius 1 is 0.960 bits per heavy atom. The lowest BCUT2D eigenvalue weighted by molar-refractivity contribution is 0.401. The van der Waals surface area contributed by atoms with Gasteiger partial charge in [-0.25, -0.2) is 4.98 Å². The third kappa shape index (κ3) is 3.43. The first kappa shape index (κ1) is 15.9. The number of para-hydroxylation sites is 1. The molecule has 0 saturated carbocycles. The molecule has 1 aliphatic heterocycles. The van der Waals surface area contributed by atoms with E-state index in [0.29, 0.717) is 0 Å². The number of piperidine rings is 1. The topological polar surface area (TPSA) is 41.1 Å². The molecule has 1 aromatic heterocycles. The fourth-order valence-corrected chi connectivity index (χ4v) is 3.68. The number of benzene rings is 2. The Labute approximate surface area is 148 Å². The van der Waals surface area contributed by atoms with Crippen LogP contribution < -0.4 is 10.2 Å². The Kier molecular flexibility index (Phi) is 4.51. The molecule has 25 heavy (non-hydrogen) atoms. The van der Waals surface area contributed by atoms with Crippen molar-refractivity contribution >= 4 is 22.7 Å². The van der Waals surface area contributed by atoms with Crippen molar-refractivity contribution in [1.29, 1.82) is 0 Å². The fraction of sp³-hybridized carbons (Fsp3) is 0.333. The Morgan fingerprint density at radius 3 is 2.44 bits per heavy atom. The lowest BCUT2D eigenvalue weighted by atomic mass is 9.90. The Morgan fingerprint density at radius 2 is 1.68 bits per heavy atom. The lowest BCUT2D eigenvalue weighted by Crippen LogP contribution is -2.35. The molecule has 1 N–H and O–H groups in total. The van der Waals surface area contributed by atoms with Crippen molar-refractivity contribution in [2.75, 3.05) is 30.4 Å². The fourth-order valence-electron chi connectivity index (χ4n) is 3.68. The second kappa shape index (κ2) is 7.09. The maximum atomic E-state index is 4.79. The van der Waals surface area contributed by atoms with E-state index in [1.54, 1.807) is 0 Å². The molecule has 1 aliphatic rings. The number of fused-ring (bicyclic) bond motifs is 1. The van der Waals surface area contributed by atoms with E-state index in [9.17, 15) is 0 Å². The zero-order chi connectivity index (χ0) is 17.1. The van der Waals surface area contributed by atoms with E-state index < -0.39 is 0 Å². The molecule has 0 spiro atoms. The van der Waals surface area contributed by atoms with Gasteiger partial charge in [-0.15, -0.1) is 0 Å². The maximum absolute atomic E-state index is 4.79. The van der Waals surface area contributed by atoms with Gasteiger partial charge in [0.05, 0.1) is 5.52 Å². The van der Waals surface area contributed by atoms with E-state index in [1.165, 1.54) is 24.8 Å². The molecule has 0 atom stereocenters. The SMILES string of the molecule is CNc1nc(N2CCC(Cc3ccccc3)CC2)nc2ccccc12. The van der Waals surface area contributed by atoms with E-state index in [4.69, 9.17) is 9.97 Å². The first-order valence-electron chi connectivity index (χ1n) is 9.07. The minimum absolute atomic E-state index is 0.753. The van der Waals surface area contributed by atoms with Gasteiger partial charge in [0.25, 0.3) is 0 Å². The Hall–Kier alpha value is -2.62. The molecule has 4 heteroatoms. The molecule has 2 heterocycles. The van der Waals surface area contributed by atoms with Crippen molar-refractivity contribution in [3.8, 4) is 0 Å². The first-order chi connectivity index (χ1) is 12.3. The van der Waals surface area contributed by atoms with Gasteiger partial charge in [0.1, 0.15) is 5.82 Å². The monoisotopic (exact) mass is 332 g/mol. The van der Waals surface area contributed by atoms with E-state index in [-0.39, 0.29) is 0 Å². The molecule has 2 aromatic carbocycles. The van der Waals surface area contributed by atoms with Gasteiger partial charge in [-0.2, -0.15) is 4.98 Å². The summed E-state index contributed by atoms with van der Waals surface area (Å²) in [4.78, 5) is 11.9. The van der Waals surface area contributed by atoms with E-state index >= 15 is 0 Å². The first-order valence-corrected chi connectivity index (χ1v) is 9.07.